The van der Waals surface area contributed by atoms with E-state index in [-0.39, 0.29) is 18.0 Å². The number of hydrogen-bond donors (Lipinski definition) is 0. The number of amides is 1. The van der Waals surface area contributed by atoms with Crippen molar-refractivity contribution in [2.75, 3.05) is 13.1 Å². The molecule has 0 aromatic carbocycles. The van der Waals surface area contributed by atoms with Crippen LogP contribution in [0.3, 0.4) is 0 Å². The number of nitrogens with zero attached hydrogens (tertiary/aromatic N) is 3. The van der Waals surface area contributed by atoms with Crippen LogP contribution in [0.5, 0.6) is 0 Å². The zero-order valence-electron chi connectivity index (χ0n) is 11.8. The number of hydrogen-bond acceptors (Lipinski definition) is 3. The maximum Gasteiger partial charge on any atom is 0.253 e. The maximum atomic E-state index is 12.2. The lowest BCUT2D eigenvalue weighted by atomic mass is 10.0. The molecule has 1 aliphatic heterocycles. The van der Waals surface area contributed by atoms with Gasteiger partial charge in [0.25, 0.3) is 5.56 Å². The highest BCUT2D eigenvalue weighted by Gasteiger charge is 2.24. The molecule has 0 N–H and O–H groups in total. The average Bonchev–Trinajstić information content (AvgIpc) is 3.26. The number of piperidine rings is 1. The van der Waals surface area contributed by atoms with E-state index >= 15 is 0 Å². The van der Waals surface area contributed by atoms with Crippen molar-refractivity contribution < 1.29 is 4.79 Å². The molecule has 2 aliphatic rings. The third-order valence-corrected chi connectivity index (χ3v) is 4.04. The van der Waals surface area contributed by atoms with Crippen molar-refractivity contribution in [2.24, 2.45) is 0 Å². The summed E-state index contributed by atoms with van der Waals surface area (Å²) in [6.07, 6.45) is 5.97. The molecule has 0 bridgehead atoms. The Bertz CT molecular complexity index is 614. The van der Waals surface area contributed by atoms with Gasteiger partial charge in [0.15, 0.2) is 0 Å². The van der Waals surface area contributed by atoms with E-state index in [4.69, 9.17) is 0 Å². The molecule has 2 heterocycles. The normalized spacial score (nSPS) is 18.4. The first kappa shape index (κ1) is 13.1. The highest BCUT2D eigenvalue weighted by atomic mass is 16.2. The molecule has 106 valence electrons. The summed E-state index contributed by atoms with van der Waals surface area (Å²) in [5.74, 6) is 0.0117. The Labute approximate surface area is 117 Å². The number of aromatic nitrogens is 2. The molecule has 1 saturated heterocycles. The Kier molecular flexibility index (Phi) is 3.42. The fourth-order valence-corrected chi connectivity index (χ4v) is 2.68. The molecule has 3 rings (SSSR count). The molecular formula is C15H19N3O2. The standard InChI is InChI=1S/C15H19N3O2/c1-11-8-14(19)18(10-16-11)9-15(20)17-6-4-13(5-7-17)12-2-3-12/h8,10H,2-7,9H2,1H3. The lowest BCUT2D eigenvalue weighted by Gasteiger charge is -2.28. The number of allylic oxidation sites excluding steroid dienone is 1. The second-order valence-corrected chi connectivity index (χ2v) is 5.58. The van der Waals surface area contributed by atoms with Gasteiger partial charge in [-0.25, -0.2) is 4.98 Å². The van der Waals surface area contributed by atoms with E-state index in [1.165, 1.54) is 29.8 Å². The van der Waals surface area contributed by atoms with E-state index in [1.807, 2.05) is 4.90 Å². The minimum atomic E-state index is -0.163. The predicted octanol–water partition coefficient (Wildman–Crippen LogP) is 1.26. The minimum absolute atomic E-state index is 0.0117. The zero-order chi connectivity index (χ0) is 14.1. The van der Waals surface area contributed by atoms with Gasteiger partial charge >= 0.3 is 0 Å². The predicted molar refractivity (Wildman–Crippen MR) is 75.3 cm³/mol. The van der Waals surface area contributed by atoms with Crippen LogP contribution in [-0.2, 0) is 11.3 Å². The van der Waals surface area contributed by atoms with Crippen molar-refractivity contribution in [1.82, 2.24) is 14.5 Å². The van der Waals surface area contributed by atoms with E-state index in [2.05, 4.69) is 4.98 Å². The third kappa shape index (κ3) is 2.81. The van der Waals surface area contributed by atoms with E-state index in [1.54, 1.807) is 18.1 Å². The molecule has 0 radical (unpaired) electrons. The highest BCUT2D eigenvalue weighted by molar-refractivity contribution is 5.76. The molecule has 1 saturated carbocycles. The van der Waals surface area contributed by atoms with Crippen LogP contribution in [0.4, 0.5) is 0 Å². The van der Waals surface area contributed by atoms with Gasteiger partial charge in [0, 0.05) is 24.8 Å². The van der Waals surface area contributed by atoms with Gasteiger partial charge < -0.3 is 4.90 Å². The smallest absolute Gasteiger partial charge is 0.253 e. The lowest BCUT2D eigenvalue weighted by molar-refractivity contribution is -0.132. The summed E-state index contributed by atoms with van der Waals surface area (Å²) in [5, 5.41) is 0. The Morgan fingerprint density at radius 3 is 2.45 bits per heavy atom. The summed E-state index contributed by atoms with van der Waals surface area (Å²) in [6, 6.07) is 1.46. The zero-order valence-corrected chi connectivity index (χ0v) is 11.8. The summed E-state index contributed by atoms with van der Waals surface area (Å²) >= 11 is 0. The second-order valence-electron chi connectivity index (χ2n) is 5.58. The quantitative estimate of drug-likeness (QED) is 0.762. The van der Waals surface area contributed by atoms with E-state index in [0.717, 1.165) is 25.9 Å². The fourth-order valence-electron chi connectivity index (χ4n) is 2.68. The van der Waals surface area contributed by atoms with Crippen molar-refractivity contribution in [3.8, 4) is 0 Å². The van der Waals surface area contributed by atoms with E-state index in [0.29, 0.717) is 5.69 Å². The van der Waals surface area contributed by atoms with Gasteiger partial charge in [-0.1, -0.05) is 11.1 Å². The monoisotopic (exact) mass is 273 g/mol. The molecule has 0 atom stereocenters. The van der Waals surface area contributed by atoms with Crippen molar-refractivity contribution in [3.63, 3.8) is 0 Å². The Balaban J connectivity index is 1.62. The van der Waals surface area contributed by atoms with Gasteiger partial charge in [-0.2, -0.15) is 0 Å². The van der Waals surface area contributed by atoms with Crippen LogP contribution in [0.25, 0.3) is 0 Å². The number of carbonyl (C=O) groups excluding carboxylic acids is 1. The van der Waals surface area contributed by atoms with Crippen molar-refractivity contribution in [3.05, 3.63) is 39.6 Å². The van der Waals surface area contributed by atoms with Crippen molar-refractivity contribution >= 4 is 5.91 Å². The van der Waals surface area contributed by atoms with Gasteiger partial charge in [0.2, 0.25) is 5.91 Å². The molecular weight excluding hydrogens is 254 g/mol. The molecule has 2 fully saturated rings. The van der Waals surface area contributed by atoms with Crippen LogP contribution < -0.4 is 5.56 Å². The van der Waals surface area contributed by atoms with Crippen LogP contribution in [0.15, 0.2) is 28.3 Å². The third-order valence-electron chi connectivity index (χ3n) is 4.04. The van der Waals surface area contributed by atoms with Crippen LogP contribution in [0, 0.1) is 6.92 Å². The number of rotatable bonds is 2. The van der Waals surface area contributed by atoms with Gasteiger partial charge in [-0.3, -0.25) is 14.2 Å². The molecule has 0 unspecified atom stereocenters. The SMILES string of the molecule is Cc1cc(=O)n(CC(=O)N2CCC(=C3CC3)CC2)cn1. The van der Waals surface area contributed by atoms with Crippen molar-refractivity contribution in [1.29, 1.82) is 0 Å². The largest absolute Gasteiger partial charge is 0.341 e. The lowest BCUT2D eigenvalue weighted by Crippen LogP contribution is -2.40. The molecule has 5 nitrogen and oxygen atoms in total. The minimum Gasteiger partial charge on any atom is -0.341 e. The number of aryl methyl sites for hydroxylation is 1. The number of likely N-dealkylation sites (tertiary alicyclic amines) is 1. The van der Waals surface area contributed by atoms with E-state index in [9.17, 15) is 9.59 Å². The molecule has 1 aliphatic carbocycles. The molecule has 20 heavy (non-hydrogen) atoms. The van der Waals surface area contributed by atoms with Crippen LogP contribution in [0.1, 0.15) is 31.4 Å². The van der Waals surface area contributed by atoms with Crippen LogP contribution in [0.2, 0.25) is 0 Å². The second kappa shape index (κ2) is 5.23. The molecule has 1 aromatic heterocycles. The maximum absolute atomic E-state index is 12.2. The molecule has 0 spiro atoms. The van der Waals surface area contributed by atoms with Crippen molar-refractivity contribution in [2.45, 2.75) is 39.2 Å². The first-order valence-electron chi connectivity index (χ1n) is 7.14. The van der Waals surface area contributed by atoms with Crippen LogP contribution in [-0.4, -0.2) is 33.4 Å². The average molecular weight is 273 g/mol. The van der Waals surface area contributed by atoms with Gasteiger partial charge in [-0.15, -0.1) is 0 Å². The van der Waals surface area contributed by atoms with Crippen LogP contribution >= 0.6 is 0 Å². The summed E-state index contributed by atoms with van der Waals surface area (Å²) in [7, 11) is 0. The fraction of sp³-hybridized carbons (Fsp3) is 0.533. The number of carbonyl (C=O) groups is 1. The van der Waals surface area contributed by atoms with Gasteiger partial charge in [0.1, 0.15) is 6.54 Å². The van der Waals surface area contributed by atoms with E-state index < -0.39 is 0 Å². The molecule has 1 aromatic rings. The Morgan fingerprint density at radius 2 is 1.85 bits per heavy atom. The summed E-state index contributed by atoms with van der Waals surface area (Å²) < 4.78 is 1.38. The topological polar surface area (TPSA) is 55.2 Å². The Morgan fingerprint density at radius 1 is 1.20 bits per heavy atom. The molecule has 1 amide bonds. The highest BCUT2D eigenvalue weighted by Crippen LogP contribution is 2.35. The summed E-state index contributed by atoms with van der Waals surface area (Å²) in [4.78, 5) is 29.9. The molecule has 5 heteroatoms. The van der Waals surface area contributed by atoms with Gasteiger partial charge in [-0.05, 0) is 32.6 Å². The Hall–Kier alpha value is -1.91. The van der Waals surface area contributed by atoms with Gasteiger partial charge in [0.05, 0.1) is 6.33 Å². The first-order valence-corrected chi connectivity index (χ1v) is 7.14. The summed E-state index contributed by atoms with van der Waals surface area (Å²) in [5.41, 5.74) is 3.68. The first-order chi connectivity index (χ1) is 9.63. The summed E-state index contributed by atoms with van der Waals surface area (Å²) in [6.45, 7) is 3.43.